The molecule has 1 aromatic carbocycles. The van der Waals surface area contributed by atoms with Crippen LogP contribution in [0, 0.1) is 0 Å². The number of carbonyl (C=O) groups is 1. The summed E-state index contributed by atoms with van der Waals surface area (Å²) in [6.07, 6.45) is -6.15. The minimum atomic E-state index is -1.38. The van der Waals surface area contributed by atoms with Gasteiger partial charge in [0.05, 0.1) is 12.2 Å². The van der Waals surface area contributed by atoms with E-state index in [-0.39, 0.29) is 5.56 Å². The highest BCUT2D eigenvalue weighted by Gasteiger charge is 2.46. The van der Waals surface area contributed by atoms with Crippen LogP contribution in [0.25, 0.3) is 0 Å². The molecule has 0 aromatic heterocycles. The summed E-state index contributed by atoms with van der Waals surface area (Å²) in [4.78, 5) is 12.1. The third-order valence-electron chi connectivity index (χ3n) is 3.36. The molecule has 0 amide bonds. The number of aliphatic hydroxyl groups excluding tert-OH is 3. The number of methoxy groups -OCH3 is 1. The van der Waals surface area contributed by atoms with Crippen molar-refractivity contribution in [1.82, 2.24) is 0 Å². The normalized spacial score (nSPS) is 31.8. The molecule has 0 spiro atoms. The molecule has 3 N–H and O–H groups in total. The van der Waals surface area contributed by atoms with Gasteiger partial charge in [0, 0.05) is 11.6 Å². The fraction of sp³-hybridized carbons (Fsp3) is 0.500. The Morgan fingerprint density at radius 1 is 1.36 bits per heavy atom. The van der Waals surface area contributed by atoms with Gasteiger partial charge < -0.3 is 29.5 Å². The zero-order valence-electron chi connectivity index (χ0n) is 11.8. The smallest absolute Gasteiger partial charge is 0.338 e. The number of rotatable bonds is 4. The second kappa shape index (κ2) is 7.49. The molecule has 122 valence electrons. The van der Waals surface area contributed by atoms with E-state index in [1.807, 2.05) is 0 Å². The molecule has 1 aliphatic rings. The third-order valence-corrected chi connectivity index (χ3v) is 3.85. The highest BCUT2D eigenvalue weighted by atomic mass is 79.9. The first kappa shape index (κ1) is 17.3. The molecule has 0 unspecified atom stereocenters. The first-order valence-corrected chi connectivity index (χ1v) is 7.39. The van der Waals surface area contributed by atoms with E-state index in [9.17, 15) is 20.1 Å². The lowest BCUT2D eigenvalue weighted by Crippen LogP contribution is -2.60. The fourth-order valence-electron chi connectivity index (χ4n) is 2.19. The average Bonchev–Trinajstić information content (AvgIpc) is 2.51. The third kappa shape index (κ3) is 3.65. The van der Waals surface area contributed by atoms with Crippen LogP contribution in [0.3, 0.4) is 0 Å². The first-order valence-electron chi connectivity index (χ1n) is 6.59. The molecular weight excluding hydrogens is 360 g/mol. The van der Waals surface area contributed by atoms with E-state index in [2.05, 4.69) is 15.9 Å². The minimum Gasteiger partial charge on any atom is -0.453 e. The van der Waals surface area contributed by atoms with Gasteiger partial charge in [-0.3, -0.25) is 0 Å². The molecule has 1 saturated heterocycles. The Kier molecular flexibility index (Phi) is 5.90. The molecule has 22 heavy (non-hydrogen) atoms. The monoisotopic (exact) mass is 376 g/mol. The van der Waals surface area contributed by atoms with Gasteiger partial charge in [-0.1, -0.05) is 22.0 Å². The molecule has 1 heterocycles. The maximum atomic E-state index is 12.1. The van der Waals surface area contributed by atoms with Crippen LogP contribution in [0.2, 0.25) is 0 Å². The number of ether oxygens (including phenoxy) is 3. The highest BCUT2D eigenvalue weighted by molar-refractivity contribution is 9.10. The summed E-state index contributed by atoms with van der Waals surface area (Å²) >= 11 is 3.24. The molecule has 1 fully saturated rings. The molecule has 0 aliphatic carbocycles. The Morgan fingerprint density at radius 3 is 2.68 bits per heavy atom. The van der Waals surface area contributed by atoms with Crippen molar-refractivity contribution in [1.29, 1.82) is 0 Å². The standard InChI is InChI=1S/C14H17BrO7/c1-20-14-11(18)12(10(17)9(6-16)21-14)22-13(19)7-3-2-4-8(15)5-7/h2-5,9-12,14,16-18H,6H2,1H3/t9-,10-,11-,12+,14+/m1/s1. The lowest BCUT2D eigenvalue weighted by molar-refractivity contribution is -0.293. The van der Waals surface area contributed by atoms with Crippen molar-refractivity contribution in [3.8, 4) is 0 Å². The van der Waals surface area contributed by atoms with Gasteiger partial charge in [-0.05, 0) is 18.2 Å². The summed E-state index contributed by atoms with van der Waals surface area (Å²) in [5, 5.41) is 29.4. The summed E-state index contributed by atoms with van der Waals surface area (Å²) < 4.78 is 16.0. The molecule has 7 nitrogen and oxygen atoms in total. The first-order chi connectivity index (χ1) is 10.5. The fourth-order valence-corrected chi connectivity index (χ4v) is 2.59. The van der Waals surface area contributed by atoms with Gasteiger partial charge in [0.15, 0.2) is 12.4 Å². The van der Waals surface area contributed by atoms with Gasteiger partial charge >= 0.3 is 5.97 Å². The maximum absolute atomic E-state index is 12.1. The van der Waals surface area contributed by atoms with Crippen LogP contribution in [0.5, 0.6) is 0 Å². The Balaban J connectivity index is 2.16. The SMILES string of the molecule is CO[C@H]1O[C@H](CO)[C@@H](O)[C@H](OC(=O)c2cccc(Br)c2)[C@H]1O. The molecule has 0 bridgehead atoms. The van der Waals surface area contributed by atoms with E-state index in [0.717, 1.165) is 0 Å². The van der Waals surface area contributed by atoms with E-state index in [1.165, 1.54) is 7.11 Å². The lowest BCUT2D eigenvalue weighted by atomic mass is 9.99. The average molecular weight is 377 g/mol. The maximum Gasteiger partial charge on any atom is 0.338 e. The summed E-state index contributed by atoms with van der Waals surface area (Å²) in [5.74, 6) is -0.710. The minimum absolute atomic E-state index is 0.259. The number of benzene rings is 1. The predicted molar refractivity (Wildman–Crippen MR) is 78.1 cm³/mol. The van der Waals surface area contributed by atoms with Crippen LogP contribution >= 0.6 is 15.9 Å². The van der Waals surface area contributed by atoms with Crippen LogP contribution in [0.15, 0.2) is 28.7 Å². The largest absolute Gasteiger partial charge is 0.453 e. The van der Waals surface area contributed by atoms with E-state index in [1.54, 1.807) is 24.3 Å². The van der Waals surface area contributed by atoms with E-state index in [0.29, 0.717) is 4.47 Å². The van der Waals surface area contributed by atoms with E-state index < -0.39 is 43.3 Å². The van der Waals surface area contributed by atoms with Crippen molar-refractivity contribution >= 4 is 21.9 Å². The summed E-state index contributed by atoms with van der Waals surface area (Å²) in [7, 11) is 1.30. The van der Waals surface area contributed by atoms with Gasteiger partial charge in [0.25, 0.3) is 0 Å². The van der Waals surface area contributed by atoms with Crippen LogP contribution in [0.4, 0.5) is 0 Å². The van der Waals surface area contributed by atoms with Gasteiger partial charge in [0.1, 0.15) is 18.3 Å². The van der Waals surface area contributed by atoms with Crippen LogP contribution in [-0.4, -0.2) is 65.7 Å². The van der Waals surface area contributed by atoms with Crippen molar-refractivity contribution in [2.45, 2.75) is 30.7 Å². The van der Waals surface area contributed by atoms with Crippen molar-refractivity contribution in [3.63, 3.8) is 0 Å². The van der Waals surface area contributed by atoms with Crippen molar-refractivity contribution in [2.75, 3.05) is 13.7 Å². The molecule has 5 atom stereocenters. The lowest BCUT2D eigenvalue weighted by Gasteiger charge is -2.40. The Bertz CT molecular complexity index is 508. The number of hydrogen-bond donors (Lipinski definition) is 3. The number of halogens is 1. The highest BCUT2D eigenvalue weighted by Crippen LogP contribution is 2.25. The van der Waals surface area contributed by atoms with E-state index in [4.69, 9.17) is 14.2 Å². The Hall–Kier alpha value is -1.03. The second-order valence-electron chi connectivity index (χ2n) is 4.82. The molecule has 1 aromatic rings. The predicted octanol–water partition coefficient (Wildman–Crippen LogP) is 0.0599. The van der Waals surface area contributed by atoms with Gasteiger partial charge in [-0.2, -0.15) is 0 Å². The van der Waals surface area contributed by atoms with Gasteiger partial charge in [-0.25, -0.2) is 4.79 Å². The van der Waals surface area contributed by atoms with Gasteiger partial charge in [0.2, 0.25) is 0 Å². The van der Waals surface area contributed by atoms with E-state index >= 15 is 0 Å². The van der Waals surface area contributed by atoms with Crippen molar-refractivity contribution in [3.05, 3.63) is 34.3 Å². The Labute approximate surface area is 135 Å². The summed E-state index contributed by atoms with van der Waals surface area (Å²) in [6, 6.07) is 6.50. The number of aliphatic hydroxyl groups is 3. The molecule has 2 rings (SSSR count). The van der Waals surface area contributed by atoms with Crippen LogP contribution < -0.4 is 0 Å². The molecule has 0 saturated carbocycles. The number of carbonyl (C=O) groups excluding carboxylic acids is 1. The molecule has 0 radical (unpaired) electrons. The topological polar surface area (TPSA) is 105 Å². The zero-order chi connectivity index (χ0) is 16.3. The Morgan fingerprint density at radius 2 is 2.09 bits per heavy atom. The molecule has 8 heteroatoms. The van der Waals surface area contributed by atoms with Crippen molar-refractivity contribution in [2.24, 2.45) is 0 Å². The molecule has 1 aliphatic heterocycles. The quantitative estimate of drug-likeness (QED) is 0.638. The summed E-state index contributed by atoms with van der Waals surface area (Å²) in [6.45, 7) is -0.501. The molecular formula is C14H17BrO7. The van der Waals surface area contributed by atoms with Crippen LogP contribution in [-0.2, 0) is 14.2 Å². The number of hydrogen-bond acceptors (Lipinski definition) is 7. The van der Waals surface area contributed by atoms with Crippen molar-refractivity contribution < 1.29 is 34.3 Å². The van der Waals surface area contributed by atoms with Gasteiger partial charge in [-0.15, -0.1) is 0 Å². The van der Waals surface area contributed by atoms with Crippen LogP contribution in [0.1, 0.15) is 10.4 Å². The second-order valence-corrected chi connectivity index (χ2v) is 5.74. The number of esters is 1. The zero-order valence-corrected chi connectivity index (χ0v) is 13.3. The summed E-state index contributed by atoms with van der Waals surface area (Å²) in [5.41, 5.74) is 0.259.